The van der Waals surface area contributed by atoms with Gasteiger partial charge in [0.05, 0.1) is 19.8 Å². The van der Waals surface area contributed by atoms with Crippen LogP contribution >= 0.6 is 11.6 Å². The van der Waals surface area contributed by atoms with Crippen LogP contribution in [0.4, 0.5) is 0 Å². The number of ether oxygens (including phenoxy) is 1. The Bertz CT molecular complexity index is 262. The third-order valence-electron chi connectivity index (χ3n) is 1.63. The Kier molecular flexibility index (Phi) is 4.18. The summed E-state index contributed by atoms with van der Waals surface area (Å²) in [6, 6.07) is 0. The van der Waals surface area contributed by atoms with Crippen LogP contribution in [0.2, 0.25) is 0 Å². The van der Waals surface area contributed by atoms with Crippen molar-refractivity contribution in [1.29, 1.82) is 0 Å². The van der Waals surface area contributed by atoms with Gasteiger partial charge >= 0.3 is 0 Å². The van der Waals surface area contributed by atoms with Crippen molar-refractivity contribution in [3.8, 4) is 0 Å². The van der Waals surface area contributed by atoms with Gasteiger partial charge in [-0.15, -0.1) is 11.6 Å². The molecule has 1 rings (SSSR count). The van der Waals surface area contributed by atoms with Crippen molar-refractivity contribution in [3.05, 3.63) is 11.6 Å². The maximum atomic E-state index is 5.46. The van der Waals surface area contributed by atoms with E-state index in [0.29, 0.717) is 19.1 Å². The van der Waals surface area contributed by atoms with Gasteiger partial charge in [0, 0.05) is 5.88 Å². The van der Waals surface area contributed by atoms with Gasteiger partial charge in [0.1, 0.15) is 11.6 Å². The summed E-state index contributed by atoms with van der Waals surface area (Å²) in [5.74, 6) is 2.26. The molecule has 0 saturated carbocycles. The lowest BCUT2D eigenvalue weighted by atomic mass is 10.6. The van der Waals surface area contributed by atoms with E-state index in [-0.39, 0.29) is 0 Å². The molecule has 0 aliphatic heterocycles. The van der Waals surface area contributed by atoms with E-state index in [0.717, 1.165) is 18.2 Å². The zero-order valence-corrected chi connectivity index (χ0v) is 8.71. The molecule has 0 bridgehead atoms. The van der Waals surface area contributed by atoms with Crippen LogP contribution in [0.15, 0.2) is 0 Å². The van der Waals surface area contributed by atoms with Gasteiger partial charge in [-0.05, 0) is 13.8 Å². The van der Waals surface area contributed by atoms with Gasteiger partial charge in [-0.2, -0.15) is 5.10 Å². The summed E-state index contributed by atoms with van der Waals surface area (Å²) in [6.45, 7) is 5.78. The molecule has 74 valence electrons. The molecule has 0 spiro atoms. The number of nitrogens with zero attached hydrogens (tertiary/aromatic N) is 3. The molecule has 0 N–H and O–H groups in total. The zero-order chi connectivity index (χ0) is 9.68. The molecule has 0 aliphatic rings. The highest BCUT2D eigenvalue weighted by molar-refractivity contribution is 6.17. The first-order valence-electron chi connectivity index (χ1n) is 4.26. The highest BCUT2D eigenvalue weighted by Gasteiger charge is 2.00. The van der Waals surface area contributed by atoms with E-state index in [1.165, 1.54) is 0 Å². The number of aromatic nitrogens is 3. The first-order chi connectivity index (χ1) is 6.24. The highest BCUT2D eigenvalue weighted by Crippen LogP contribution is 1.95. The molecule has 1 aromatic rings. The number of hydrogen-bond acceptors (Lipinski definition) is 3. The highest BCUT2D eigenvalue weighted by atomic mass is 35.5. The average molecular weight is 204 g/mol. The summed E-state index contributed by atoms with van der Waals surface area (Å²) in [5, 5.41) is 4.20. The fourth-order valence-electron chi connectivity index (χ4n) is 1.08. The molecule has 0 amide bonds. The Morgan fingerprint density at radius 3 is 2.69 bits per heavy atom. The van der Waals surface area contributed by atoms with Gasteiger partial charge in [0.15, 0.2) is 0 Å². The third-order valence-corrected chi connectivity index (χ3v) is 1.79. The molecule has 0 radical (unpaired) electrons. The van der Waals surface area contributed by atoms with Crippen LogP contribution in [-0.4, -0.2) is 33.9 Å². The van der Waals surface area contributed by atoms with Gasteiger partial charge in [-0.25, -0.2) is 9.67 Å². The standard InChI is InChI=1S/C8H14ClN3O/c1-7-10-8(2)12(11-7)4-6-13-5-3-9/h3-6H2,1-2H3. The lowest BCUT2D eigenvalue weighted by Crippen LogP contribution is -2.10. The Balaban J connectivity index is 2.32. The van der Waals surface area contributed by atoms with Crippen LogP contribution in [0.5, 0.6) is 0 Å². The fourth-order valence-corrected chi connectivity index (χ4v) is 1.19. The van der Waals surface area contributed by atoms with Crippen molar-refractivity contribution in [2.24, 2.45) is 0 Å². The quantitative estimate of drug-likeness (QED) is 0.533. The first kappa shape index (κ1) is 10.5. The zero-order valence-electron chi connectivity index (χ0n) is 7.96. The molecular formula is C8H14ClN3O. The molecule has 0 fully saturated rings. The molecule has 0 aliphatic carbocycles. The van der Waals surface area contributed by atoms with E-state index in [1.54, 1.807) is 0 Å². The molecule has 1 heterocycles. The molecule has 13 heavy (non-hydrogen) atoms. The number of aryl methyl sites for hydroxylation is 2. The lowest BCUT2D eigenvalue weighted by Gasteiger charge is -2.02. The normalized spacial score (nSPS) is 10.7. The molecule has 0 aromatic carbocycles. The molecule has 0 atom stereocenters. The number of rotatable bonds is 5. The monoisotopic (exact) mass is 203 g/mol. The van der Waals surface area contributed by atoms with Crippen LogP contribution in [0.1, 0.15) is 11.6 Å². The summed E-state index contributed by atoms with van der Waals surface area (Å²) in [7, 11) is 0. The van der Waals surface area contributed by atoms with Crippen LogP contribution in [0.3, 0.4) is 0 Å². The topological polar surface area (TPSA) is 39.9 Å². The van der Waals surface area contributed by atoms with Crippen molar-refractivity contribution in [2.45, 2.75) is 20.4 Å². The van der Waals surface area contributed by atoms with Crippen molar-refractivity contribution in [2.75, 3.05) is 19.1 Å². The Morgan fingerprint density at radius 2 is 2.15 bits per heavy atom. The second-order valence-corrected chi connectivity index (χ2v) is 3.11. The van der Waals surface area contributed by atoms with Crippen LogP contribution in [0.25, 0.3) is 0 Å². The Labute approximate surface area is 82.9 Å². The van der Waals surface area contributed by atoms with E-state index >= 15 is 0 Å². The van der Waals surface area contributed by atoms with Crippen molar-refractivity contribution in [1.82, 2.24) is 14.8 Å². The average Bonchev–Trinajstić information content (AvgIpc) is 2.39. The van der Waals surface area contributed by atoms with E-state index in [2.05, 4.69) is 10.1 Å². The minimum atomic E-state index is 0.537. The Hall–Kier alpha value is -0.610. The van der Waals surface area contributed by atoms with Gasteiger partial charge < -0.3 is 4.74 Å². The summed E-state index contributed by atoms with van der Waals surface area (Å²) in [5.41, 5.74) is 0. The van der Waals surface area contributed by atoms with Gasteiger partial charge in [-0.3, -0.25) is 0 Å². The molecule has 4 nitrogen and oxygen atoms in total. The van der Waals surface area contributed by atoms with Gasteiger partial charge in [0.2, 0.25) is 0 Å². The summed E-state index contributed by atoms with van der Waals surface area (Å²) >= 11 is 5.46. The molecule has 5 heteroatoms. The smallest absolute Gasteiger partial charge is 0.147 e. The summed E-state index contributed by atoms with van der Waals surface area (Å²) < 4.78 is 7.07. The van der Waals surface area contributed by atoms with Crippen molar-refractivity contribution in [3.63, 3.8) is 0 Å². The third kappa shape index (κ3) is 3.32. The van der Waals surface area contributed by atoms with Crippen molar-refractivity contribution < 1.29 is 4.74 Å². The predicted molar refractivity (Wildman–Crippen MR) is 51.0 cm³/mol. The largest absolute Gasteiger partial charge is 0.378 e. The molecular weight excluding hydrogens is 190 g/mol. The van der Waals surface area contributed by atoms with Gasteiger partial charge in [0.25, 0.3) is 0 Å². The minimum Gasteiger partial charge on any atom is -0.378 e. The first-order valence-corrected chi connectivity index (χ1v) is 4.79. The SMILES string of the molecule is Cc1nc(C)n(CCOCCCl)n1. The van der Waals surface area contributed by atoms with Crippen molar-refractivity contribution >= 4 is 11.6 Å². The molecule has 0 unspecified atom stereocenters. The second kappa shape index (κ2) is 5.19. The van der Waals surface area contributed by atoms with Crippen LogP contribution in [0, 0.1) is 13.8 Å². The second-order valence-electron chi connectivity index (χ2n) is 2.73. The fraction of sp³-hybridized carbons (Fsp3) is 0.750. The van der Waals surface area contributed by atoms with Crippen LogP contribution < -0.4 is 0 Å². The predicted octanol–water partition coefficient (Wildman–Crippen LogP) is 1.15. The molecule has 0 saturated heterocycles. The molecule has 1 aromatic heterocycles. The minimum absolute atomic E-state index is 0.537. The Morgan fingerprint density at radius 1 is 1.38 bits per heavy atom. The summed E-state index contributed by atoms with van der Waals surface area (Å²) in [4.78, 5) is 4.18. The van der Waals surface area contributed by atoms with Crippen LogP contribution in [-0.2, 0) is 11.3 Å². The number of halogens is 1. The van der Waals surface area contributed by atoms with E-state index < -0.39 is 0 Å². The lowest BCUT2D eigenvalue weighted by molar-refractivity contribution is 0.137. The van der Waals surface area contributed by atoms with E-state index in [9.17, 15) is 0 Å². The van der Waals surface area contributed by atoms with Gasteiger partial charge in [-0.1, -0.05) is 0 Å². The van der Waals surface area contributed by atoms with E-state index in [4.69, 9.17) is 16.3 Å². The number of hydrogen-bond donors (Lipinski definition) is 0. The van der Waals surface area contributed by atoms with E-state index in [1.807, 2.05) is 18.5 Å². The maximum Gasteiger partial charge on any atom is 0.147 e. The summed E-state index contributed by atoms with van der Waals surface area (Å²) in [6.07, 6.45) is 0. The maximum absolute atomic E-state index is 5.46. The number of alkyl halides is 1.